The van der Waals surface area contributed by atoms with Crippen LogP contribution in [0.5, 0.6) is 5.75 Å². The summed E-state index contributed by atoms with van der Waals surface area (Å²) in [5.41, 5.74) is 7.70. The Bertz CT molecular complexity index is 369. The highest BCUT2D eigenvalue weighted by Gasteiger charge is 2.14. The lowest BCUT2D eigenvalue weighted by Crippen LogP contribution is -2.35. The van der Waals surface area contributed by atoms with Crippen molar-refractivity contribution >= 4 is 11.4 Å². The number of nitrogens with two attached hydrogens (primary N) is 1. The molecule has 0 amide bonds. The van der Waals surface area contributed by atoms with Gasteiger partial charge in [-0.3, -0.25) is 0 Å². The van der Waals surface area contributed by atoms with Crippen LogP contribution in [0.3, 0.4) is 0 Å². The molecule has 0 aromatic heterocycles. The maximum Gasteiger partial charge on any atom is 0.122 e. The lowest BCUT2D eigenvalue weighted by atomic mass is 10.1. The number of hydrogen-bond donors (Lipinski definition) is 1. The van der Waals surface area contributed by atoms with E-state index in [2.05, 4.69) is 18.7 Å². The molecule has 102 valence electrons. The fraction of sp³-hybridized carbons (Fsp3) is 0.571. The third kappa shape index (κ3) is 3.81. The second kappa shape index (κ2) is 7.11. The van der Waals surface area contributed by atoms with E-state index in [1.165, 1.54) is 0 Å². The van der Waals surface area contributed by atoms with E-state index in [0.717, 1.165) is 30.1 Å². The van der Waals surface area contributed by atoms with Crippen molar-refractivity contribution in [2.45, 2.75) is 26.3 Å². The van der Waals surface area contributed by atoms with Crippen LogP contribution in [0, 0.1) is 0 Å². The van der Waals surface area contributed by atoms with Gasteiger partial charge in [0, 0.05) is 43.2 Å². The first-order chi connectivity index (χ1) is 8.62. The molecule has 0 radical (unpaired) electrons. The number of anilines is 2. The lowest BCUT2D eigenvalue weighted by molar-refractivity contribution is 0.203. The molecule has 2 N–H and O–H groups in total. The van der Waals surface area contributed by atoms with Crippen molar-refractivity contribution in [2.75, 3.05) is 38.0 Å². The van der Waals surface area contributed by atoms with Gasteiger partial charge in [0.25, 0.3) is 0 Å². The second-order valence-corrected chi connectivity index (χ2v) is 4.41. The molecule has 4 heteroatoms. The number of nitrogen functional groups attached to an aromatic ring is 1. The Labute approximate surface area is 110 Å². The molecule has 1 rings (SSSR count). The predicted molar refractivity (Wildman–Crippen MR) is 76.4 cm³/mol. The van der Waals surface area contributed by atoms with Crippen LogP contribution >= 0.6 is 0 Å². The van der Waals surface area contributed by atoms with Crippen LogP contribution in [0.4, 0.5) is 11.4 Å². The standard InChI is InChI=1S/C14H24N2O2/c1-5-11(2)16(6-7-17-3)13-8-12(15)9-14(10-13)18-4/h8-11H,5-7,15H2,1-4H3. The van der Waals surface area contributed by atoms with Gasteiger partial charge in [-0.05, 0) is 19.4 Å². The van der Waals surface area contributed by atoms with Crippen LogP contribution in [0.25, 0.3) is 0 Å². The second-order valence-electron chi connectivity index (χ2n) is 4.41. The Kier molecular flexibility index (Phi) is 5.78. The predicted octanol–water partition coefficient (Wildman–Crippen LogP) is 2.53. The van der Waals surface area contributed by atoms with E-state index in [9.17, 15) is 0 Å². The average molecular weight is 252 g/mol. The molecule has 0 aliphatic carbocycles. The van der Waals surface area contributed by atoms with Gasteiger partial charge in [-0.15, -0.1) is 0 Å². The summed E-state index contributed by atoms with van der Waals surface area (Å²) in [6, 6.07) is 6.25. The molecule has 1 aromatic rings. The fourth-order valence-electron chi connectivity index (χ4n) is 1.90. The van der Waals surface area contributed by atoms with Crippen molar-refractivity contribution in [1.82, 2.24) is 0 Å². The normalized spacial score (nSPS) is 12.2. The zero-order valence-corrected chi connectivity index (χ0v) is 11.8. The minimum Gasteiger partial charge on any atom is -0.497 e. The molecular formula is C14H24N2O2. The Morgan fingerprint density at radius 2 is 2.00 bits per heavy atom. The highest BCUT2D eigenvalue weighted by atomic mass is 16.5. The first-order valence-corrected chi connectivity index (χ1v) is 6.32. The average Bonchev–Trinajstić information content (AvgIpc) is 2.38. The Hall–Kier alpha value is -1.42. The lowest BCUT2D eigenvalue weighted by Gasteiger charge is -2.31. The van der Waals surface area contributed by atoms with Crippen LogP contribution in [-0.4, -0.2) is 33.4 Å². The minimum atomic E-state index is 0.437. The van der Waals surface area contributed by atoms with Gasteiger partial charge in [0.15, 0.2) is 0 Å². The number of nitrogens with zero attached hydrogens (tertiary/aromatic N) is 1. The number of rotatable bonds is 7. The summed E-state index contributed by atoms with van der Waals surface area (Å²) in [5.74, 6) is 0.788. The van der Waals surface area contributed by atoms with Crippen LogP contribution in [0.2, 0.25) is 0 Å². The molecule has 0 spiro atoms. The molecule has 0 fully saturated rings. The molecule has 0 aliphatic heterocycles. The number of ether oxygens (including phenoxy) is 2. The van der Waals surface area contributed by atoms with Crippen molar-refractivity contribution in [3.8, 4) is 5.75 Å². The molecule has 0 bridgehead atoms. The van der Waals surface area contributed by atoms with E-state index < -0.39 is 0 Å². The number of benzene rings is 1. The van der Waals surface area contributed by atoms with Crippen molar-refractivity contribution < 1.29 is 9.47 Å². The van der Waals surface area contributed by atoms with E-state index in [1.807, 2.05) is 18.2 Å². The van der Waals surface area contributed by atoms with Gasteiger partial charge in [0.1, 0.15) is 5.75 Å². The largest absolute Gasteiger partial charge is 0.497 e. The van der Waals surface area contributed by atoms with Gasteiger partial charge in [-0.25, -0.2) is 0 Å². The quantitative estimate of drug-likeness (QED) is 0.758. The number of methoxy groups -OCH3 is 2. The Morgan fingerprint density at radius 1 is 1.28 bits per heavy atom. The summed E-state index contributed by atoms with van der Waals surface area (Å²) in [4.78, 5) is 2.29. The molecule has 1 atom stereocenters. The van der Waals surface area contributed by atoms with E-state index in [4.69, 9.17) is 15.2 Å². The molecule has 18 heavy (non-hydrogen) atoms. The molecular weight excluding hydrogens is 228 g/mol. The van der Waals surface area contributed by atoms with Crippen molar-refractivity contribution in [3.05, 3.63) is 18.2 Å². The third-order valence-corrected chi connectivity index (χ3v) is 3.14. The van der Waals surface area contributed by atoms with E-state index in [0.29, 0.717) is 12.6 Å². The van der Waals surface area contributed by atoms with Gasteiger partial charge in [-0.2, -0.15) is 0 Å². The smallest absolute Gasteiger partial charge is 0.122 e. The third-order valence-electron chi connectivity index (χ3n) is 3.14. The summed E-state index contributed by atoms with van der Waals surface area (Å²) in [6.45, 7) is 5.92. The van der Waals surface area contributed by atoms with Gasteiger partial charge in [0.2, 0.25) is 0 Å². The SMILES string of the molecule is CCC(C)N(CCOC)c1cc(N)cc(OC)c1. The maximum absolute atomic E-state index is 5.91. The van der Waals surface area contributed by atoms with E-state index in [1.54, 1.807) is 14.2 Å². The molecule has 1 aromatic carbocycles. The molecule has 4 nitrogen and oxygen atoms in total. The molecule has 0 heterocycles. The van der Waals surface area contributed by atoms with E-state index in [-0.39, 0.29) is 0 Å². The van der Waals surface area contributed by atoms with Crippen molar-refractivity contribution in [2.24, 2.45) is 0 Å². The van der Waals surface area contributed by atoms with Gasteiger partial charge in [0.05, 0.1) is 13.7 Å². The van der Waals surface area contributed by atoms with Crippen LogP contribution in [0.15, 0.2) is 18.2 Å². The van der Waals surface area contributed by atoms with Crippen molar-refractivity contribution in [3.63, 3.8) is 0 Å². The Morgan fingerprint density at radius 3 is 2.56 bits per heavy atom. The summed E-state index contributed by atoms with van der Waals surface area (Å²) in [6.07, 6.45) is 1.07. The monoisotopic (exact) mass is 252 g/mol. The van der Waals surface area contributed by atoms with Crippen molar-refractivity contribution in [1.29, 1.82) is 0 Å². The Balaban J connectivity index is 2.99. The van der Waals surface area contributed by atoms with Gasteiger partial charge in [-0.1, -0.05) is 6.92 Å². The molecule has 0 saturated heterocycles. The van der Waals surface area contributed by atoms with Gasteiger partial charge >= 0.3 is 0 Å². The first-order valence-electron chi connectivity index (χ1n) is 6.32. The minimum absolute atomic E-state index is 0.437. The fourth-order valence-corrected chi connectivity index (χ4v) is 1.90. The summed E-state index contributed by atoms with van der Waals surface area (Å²) < 4.78 is 10.4. The molecule has 0 aliphatic rings. The van der Waals surface area contributed by atoms with Crippen LogP contribution in [0.1, 0.15) is 20.3 Å². The highest BCUT2D eigenvalue weighted by molar-refractivity contribution is 5.61. The maximum atomic E-state index is 5.91. The number of hydrogen-bond acceptors (Lipinski definition) is 4. The molecule has 0 saturated carbocycles. The van der Waals surface area contributed by atoms with Crippen LogP contribution in [-0.2, 0) is 4.74 Å². The summed E-state index contributed by atoms with van der Waals surface area (Å²) >= 11 is 0. The molecule has 1 unspecified atom stereocenters. The summed E-state index contributed by atoms with van der Waals surface area (Å²) in [5, 5.41) is 0. The highest BCUT2D eigenvalue weighted by Crippen LogP contribution is 2.27. The summed E-state index contributed by atoms with van der Waals surface area (Å²) in [7, 11) is 3.37. The first kappa shape index (κ1) is 14.6. The van der Waals surface area contributed by atoms with E-state index >= 15 is 0 Å². The zero-order valence-electron chi connectivity index (χ0n) is 11.8. The van der Waals surface area contributed by atoms with Crippen LogP contribution < -0.4 is 15.4 Å². The topological polar surface area (TPSA) is 47.7 Å². The zero-order chi connectivity index (χ0) is 13.5. The van der Waals surface area contributed by atoms with Gasteiger partial charge < -0.3 is 20.1 Å².